The van der Waals surface area contributed by atoms with E-state index in [9.17, 15) is 18.0 Å². The zero-order valence-corrected chi connectivity index (χ0v) is 21.5. The van der Waals surface area contributed by atoms with Gasteiger partial charge in [-0.3, -0.25) is 13.9 Å². The summed E-state index contributed by atoms with van der Waals surface area (Å²) in [5.74, 6) is 0.154. The first kappa shape index (κ1) is 25.3. The highest BCUT2D eigenvalue weighted by atomic mass is 32.2. The summed E-state index contributed by atoms with van der Waals surface area (Å²) in [6.45, 7) is 7.41. The Morgan fingerprint density at radius 2 is 1.49 bits per heavy atom. The van der Waals surface area contributed by atoms with E-state index in [1.165, 1.54) is 9.13 Å². The highest BCUT2D eigenvalue weighted by Crippen LogP contribution is 2.14. The Hall–Kier alpha value is -2.76. The maximum Gasteiger partial charge on any atom is 0.332 e. The Bertz CT molecular complexity index is 1400. The van der Waals surface area contributed by atoms with Crippen LogP contribution in [0.5, 0.6) is 0 Å². The number of sulfone groups is 1. The Morgan fingerprint density at radius 1 is 0.886 bits per heavy atom. The molecule has 1 fully saturated rings. The van der Waals surface area contributed by atoms with Crippen molar-refractivity contribution in [3.8, 4) is 0 Å². The predicted octanol–water partition coefficient (Wildman–Crippen LogP) is 0.614. The molecule has 0 unspecified atom stereocenters. The van der Waals surface area contributed by atoms with Crippen molar-refractivity contribution in [2.75, 3.05) is 45.0 Å². The van der Waals surface area contributed by atoms with Crippen molar-refractivity contribution < 1.29 is 8.42 Å². The van der Waals surface area contributed by atoms with E-state index < -0.39 is 9.84 Å². The molecule has 0 aliphatic carbocycles. The van der Waals surface area contributed by atoms with Gasteiger partial charge in [0.05, 0.1) is 17.0 Å². The molecule has 1 aliphatic heterocycles. The van der Waals surface area contributed by atoms with Gasteiger partial charge in [0.2, 0.25) is 0 Å². The van der Waals surface area contributed by atoms with Crippen molar-refractivity contribution >= 4 is 21.0 Å². The van der Waals surface area contributed by atoms with E-state index in [0.717, 1.165) is 44.8 Å². The fourth-order valence-electron chi connectivity index (χ4n) is 4.62. The van der Waals surface area contributed by atoms with Crippen LogP contribution in [0.3, 0.4) is 0 Å². The van der Waals surface area contributed by atoms with E-state index in [0.29, 0.717) is 35.4 Å². The van der Waals surface area contributed by atoms with Crippen LogP contribution in [0.4, 0.5) is 0 Å². The summed E-state index contributed by atoms with van der Waals surface area (Å²) in [4.78, 5) is 34.6. The first-order valence-corrected chi connectivity index (χ1v) is 13.7. The number of fused-ring (bicyclic) bond motifs is 1. The fourth-order valence-corrected chi connectivity index (χ4v) is 5.92. The molecule has 3 aromatic rings. The third kappa shape index (κ3) is 5.57. The molecule has 0 atom stereocenters. The maximum absolute atomic E-state index is 12.8. The lowest BCUT2D eigenvalue weighted by atomic mass is 10.2. The van der Waals surface area contributed by atoms with Gasteiger partial charge in [-0.05, 0) is 45.0 Å². The lowest BCUT2D eigenvalue weighted by Gasteiger charge is -2.34. The third-order valence-electron chi connectivity index (χ3n) is 6.79. The number of hydrogen-bond acceptors (Lipinski definition) is 7. The summed E-state index contributed by atoms with van der Waals surface area (Å²) in [7, 11) is 0.143. The molecule has 4 rings (SSSR count). The molecule has 0 N–H and O–H groups in total. The average molecular weight is 503 g/mol. The molecule has 1 aromatic carbocycles. The minimum atomic E-state index is -3.25. The van der Waals surface area contributed by atoms with Crippen LogP contribution in [0.25, 0.3) is 11.2 Å². The number of piperazine rings is 1. The molecule has 1 aliphatic rings. The molecule has 0 amide bonds. The van der Waals surface area contributed by atoms with Crippen molar-refractivity contribution in [1.29, 1.82) is 0 Å². The van der Waals surface area contributed by atoms with Crippen molar-refractivity contribution in [2.45, 2.75) is 31.2 Å². The number of benzene rings is 1. The maximum atomic E-state index is 12.8. The van der Waals surface area contributed by atoms with Crippen LogP contribution >= 0.6 is 0 Å². The minimum absolute atomic E-state index is 0.154. The second-order valence-corrected chi connectivity index (χ2v) is 11.5. The van der Waals surface area contributed by atoms with Crippen LogP contribution < -0.4 is 11.2 Å². The summed E-state index contributed by atoms with van der Waals surface area (Å²) in [5.41, 5.74) is 1.25. The normalized spacial score (nSPS) is 15.7. The average Bonchev–Trinajstić information content (AvgIpc) is 3.22. The largest absolute Gasteiger partial charge is 0.332 e. The summed E-state index contributed by atoms with van der Waals surface area (Å²) in [6, 6.07) is 7.03. The zero-order valence-electron chi connectivity index (χ0n) is 20.7. The Labute approximate surface area is 205 Å². The van der Waals surface area contributed by atoms with Gasteiger partial charge in [-0.15, -0.1) is 0 Å². The van der Waals surface area contributed by atoms with Crippen LogP contribution in [-0.4, -0.2) is 81.9 Å². The van der Waals surface area contributed by atoms with E-state index in [4.69, 9.17) is 0 Å². The van der Waals surface area contributed by atoms with E-state index >= 15 is 0 Å². The topological polar surface area (TPSA) is 102 Å². The van der Waals surface area contributed by atoms with Crippen molar-refractivity contribution in [3.05, 3.63) is 57.0 Å². The van der Waals surface area contributed by atoms with Crippen LogP contribution in [0.15, 0.2) is 45.1 Å². The molecule has 3 heterocycles. The molecule has 2 aromatic heterocycles. The highest BCUT2D eigenvalue weighted by Gasteiger charge is 2.19. The predicted molar refractivity (Wildman–Crippen MR) is 136 cm³/mol. The van der Waals surface area contributed by atoms with Crippen LogP contribution in [-0.2, 0) is 30.5 Å². The van der Waals surface area contributed by atoms with Gasteiger partial charge < -0.3 is 14.4 Å². The van der Waals surface area contributed by atoms with Gasteiger partial charge >= 0.3 is 5.69 Å². The number of imidazole rings is 1. The molecule has 0 radical (unpaired) electrons. The summed E-state index contributed by atoms with van der Waals surface area (Å²) in [6.07, 6.45) is 2.86. The van der Waals surface area contributed by atoms with E-state index in [1.54, 1.807) is 37.1 Å². The third-order valence-corrected chi connectivity index (χ3v) is 8.61. The van der Waals surface area contributed by atoms with E-state index in [1.807, 2.05) is 19.1 Å². The van der Waals surface area contributed by atoms with Crippen LogP contribution in [0.2, 0.25) is 0 Å². The first-order chi connectivity index (χ1) is 16.7. The molecule has 0 bridgehead atoms. The summed E-state index contributed by atoms with van der Waals surface area (Å²) >= 11 is 0. The van der Waals surface area contributed by atoms with Gasteiger partial charge in [-0.1, -0.05) is 17.7 Å². The lowest BCUT2D eigenvalue weighted by Crippen LogP contribution is -2.47. The molecule has 10 nitrogen and oxygen atoms in total. The number of rotatable bonds is 9. The molecule has 0 saturated carbocycles. The van der Waals surface area contributed by atoms with Gasteiger partial charge in [0.15, 0.2) is 21.0 Å². The quantitative estimate of drug-likeness (QED) is 0.423. The number of nitrogens with zero attached hydrogens (tertiary/aromatic N) is 6. The van der Waals surface area contributed by atoms with E-state index in [2.05, 4.69) is 14.8 Å². The highest BCUT2D eigenvalue weighted by molar-refractivity contribution is 7.91. The zero-order chi connectivity index (χ0) is 25.2. The van der Waals surface area contributed by atoms with Gasteiger partial charge in [-0.2, -0.15) is 0 Å². The van der Waals surface area contributed by atoms with Crippen LogP contribution in [0, 0.1) is 6.92 Å². The monoisotopic (exact) mass is 502 g/mol. The Kier molecular flexibility index (Phi) is 7.58. The molecule has 190 valence electrons. The molecule has 0 spiro atoms. The molecular weight excluding hydrogens is 468 g/mol. The van der Waals surface area contributed by atoms with E-state index in [-0.39, 0.29) is 17.0 Å². The number of hydrogen-bond donors (Lipinski definition) is 0. The van der Waals surface area contributed by atoms with Crippen LogP contribution in [0.1, 0.15) is 18.4 Å². The minimum Gasteiger partial charge on any atom is -0.328 e. The fraction of sp³-hybridized carbons (Fsp3) is 0.542. The molecular formula is C24H34N6O4S. The second kappa shape index (κ2) is 10.5. The summed E-state index contributed by atoms with van der Waals surface area (Å²) < 4.78 is 29.5. The Balaban J connectivity index is 1.22. The second-order valence-electron chi connectivity index (χ2n) is 9.35. The van der Waals surface area contributed by atoms with Gasteiger partial charge in [0, 0.05) is 46.8 Å². The standard InChI is InChI=1S/C24H34N6O4S/c1-19-6-8-20(9-7-19)35(33,34)17-5-11-29-15-13-28(14-16-29)10-4-12-30-23(31)21-22(25-18-26(21)2)27(3)24(30)32/h6-9,18H,4-5,10-17H2,1-3H3. The Morgan fingerprint density at radius 3 is 2.11 bits per heavy atom. The molecule has 1 saturated heterocycles. The molecule has 35 heavy (non-hydrogen) atoms. The van der Waals surface area contributed by atoms with Gasteiger partial charge in [0.25, 0.3) is 5.56 Å². The van der Waals surface area contributed by atoms with Gasteiger partial charge in [0.1, 0.15) is 0 Å². The SMILES string of the molecule is Cc1ccc(S(=O)(=O)CCCN2CCN(CCCn3c(=O)c4c(ncn4C)n(C)c3=O)CC2)cc1. The van der Waals surface area contributed by atoms with Gasteiger partial charge in [-0.25, -0.2) is 18.2 Å². The van der Waals surface area contributed by atoms with Crippen molar-refractivity contribution in [2.24, 2.45) is 14.1 Å². The lowest BCUT2D eigenvalue weighted by molar-refractivity contribution is 0.130. The smallest absolute Gasteiger partial charge is 0.328 e. The number of aryl methyl sites for hydroxylation is 3. The summed E-state index contributed by atoms with van der Waals surface area (Å²) in [5, 5.41) is 0. The first-order valence-electron chi connectivity index (χ1n) is 12.0. The van der Waals surface area contributed by atoms with Crippen molar-refractivity contribution in [3.63, 3.8) is 0 Å². The van der Waals surface area contributed by atoms with Crippen molar-refractivity contribution in [1.82, 2.24) is 28.5 Å². The molecule has 11 heteroatoms. The number of aromatic nitrogens is 4.